The van der Waals surface area contributed by atoms with Gasteiger partial charge in [0, 0.05) is 25.3 Å². The van der Waals surface area contributed by atoms with Crippen molar-refractivity contribution in [1.29, 1.82) is 0 Å². The van der Waals surface area contributed by atoms with Gasteiger partial charge in [-0.3, -0.25) is 4.79 Å². The van der Waals surface area contributed by atoms with Gasteiger partial charge in [0.15, 0.2) is 0 Å². The molecule has 3 amide bonds. The van der Waals surface area contributed by atoms with Gasteiger partial charge in [-0.2, -0.15) is 0 Å². The summed E-state index contributed by atoms with van der Waals surface area (Å²) >= 11 is 6.00. The molecule has 1 heterocycles. The molecule has 0 aromatic heterocycles. The third-order valence-electron chi connectivity index (χ3n) is 4.36. The van der Waals surface area contributed by atoms with Crippen molar-refractivity contribution in [3.05, 3.63) is 28.8 Å². The number of urea groups is 1. The summed E-state index contributed by atoms with van der Waals surface area (Å²) in [5.74, 6) is 0.392. The van der Waals surface area contributed by atoms with E-state index in [4.69, 9.17) is 11.6 Å². The van der Waals surface area contributed by atoms with Gasteiger partial charge in [0.05, 0.1) is 10.6 Å². The Bertz CT molecular complexity index is 590. The summed E-state index contributed by atoms with van der Waals surface area (Å²) in [6, 6.07) is 5.22. The molecule has 2 fully saturated rings. The van der Waals surface area contributed by atoms with Gasteiger partial charge >= 0.3 is 6.03 Å². The maximum atomic E-state index is 12.3. The summed E-state index contributed by atoms with van der Waals surface area (Å²) in [5, 5.41) is 5.76. The fourth-order valence-electron chi connectivity index (χ4n) is 3.28. The van der Waals surface area contributed by atoms with Crippen LogP contribution in [0.2, 0.25) is 5.02 Å². The minimum absolute atomic E-state index is 0.0904. The second-order valence-electron chi connectivity index (χ2n) is 5.69. The number of halogens is 1. The molecule has 2 bridgehead atoms. The Kier molecular flexibility index (Phi) is 3.76. The van der Waals surface area contributed by atoms with Crippen molar-refractivity contribution in [3.8, 4) is 0 Å². The zero-order valence-electron chi connectivity index (χ0n) is 11.9. The molecule has 1 aromatic carbocycles. The summed E-state index contributed by atoms with van der Waals surface area (Å²) in [7, 11) is 1.55. The average molecular weight is 308 g/mol. The van der Waals surface area contributed by atoms with Gasteiger partial charge in [-0.05, 0) is 43.4 Å². The van der Waals surface area contributed by atoms with Crippen molar-refractivity contribution in [2.75, 3.05) is 18.9 Å². The number of carbonyl (C=O) groups is 2. The van der Waals surface area contributed by atoms with Crippen LogP contribution in [0.15, 0.2) is 18.2 Å². The van der Waals surface area contributed by atoms with Crippen LogP contribution in [0.4, 0.5) is 10.5 Å². The van der Waals surface area contributed by atoms with Crippen LogP contribution in [0.25, 0.3) is 0 Å². The Labute approximate surface area is 128 Å². The van der Waals surface area contributed by atoms with E-state index in [2.05, 4.69) is 10.6 Å². The smallest absolute Gasteiger partial charge is 0.322 e. The molecule has 112 valence electrons. The van der Waals surface area contributed by atoms with E-state index in [1.165, 1.54) is 6.42 Å². The summed E-state index contributed by atoms with van der Waals surface area (Å²) in [6.45, 7) is 0.840. The number of rotatable bonds is 2. The number of amides is 3. The molecule has 21 heavy (non-hydrogen) atoms. The van der Waals surface area contributed by atoms with E-state index in [-0.39, 0.29) is 11.9 Å². The van der Waals surface area contributed by atoms with E-state index in [1.54, 1.807) is 25.2 Å². The van der Waals surface area contributed by atoms with E-state index in [1.807, 2.05) is 4.90 Å². The quantitative estimate of drug-likeness (QED) is 0.882. The predicted molar refractivity (Wildman–Crippen MR) is 81.7 cm³/mol. The van der Waals surface area contributed by atoms with E-state index in [0.717, 1.165) is 19.4 Å². The standard InChI is InChI=1S/C15H18ClN3O2/c1-17-14(20)12-7-10(3-5-13(12)16)18-15(21)19-8-9-2-4-11(19)6-9/h3,5,7,9,11H,2,4,6,8H2,1H3,(H,17,20)(H,18,21)/t9-,11-/m1/s1. The van der Waals surface area contributed by atoms with Crippen LogP contribution < -0.4 is 10.6 Å². The number of nitrogens with one attached hydrogen (secondary N) is 2. The van der Waals surface area contributed by atoms with Gasteiger partial charge in [0.2, 0.25) is 0 Å². The summed E-state index contributed by atoms with van der Waals surface area (Å²) in [4.78, 5) is 25.9. The molecule has 1 aromatic rings. The summed E-state index contributed by atoms with van der Waals surface area (Å²) in [5.41, 5.74) is 0.950. The molecule has 0 unspecified atom stereocenters. The lowest BCUT2D eigenvalue weighted by molar-refractivity contribution is 0.0963. The molecule has 5 nitrogen and oxygen atoms in total. The van der Waals surface area contributed by atoms with Crippen molar-refractivity contribution >= 4 is 29.2 Å². The van der Waals surface area contributed by atoms with Gasteiger partial charge in [-0.25, -0.2) is 4.79 Å². The Morgan fingerprint density at radius 2 is 2.14 bits per heavy atom. The Morgan fingerprint density at radius 1 is 1.33 bits per heavy atom. The minimum atomic E-state index is -0.267. The van der Waals surface area contributed by atoms with Crippen LogP contribution in [-0.2, 0) is 0 Å². The first-order valence-electron chi connectivity index (χ1n) is 7.17. The van der Waals surface area contributed by atoms with Crippen LogP contribution in [0.1, 0.15) is 29.6 Å². The molecule has 2 aliphatic rings. The van der Waals surface area contributed by atoms with Gasteiger partial charge in [-0.1, -0.05) is 11.6 Å². The fraction of sp³-hybridized carbons (Fsp3) is 0.467. The highest BCUT2D eigenvalue weighted by molar-refractivity contribution is 6.34. The largest absolute Gasteiger partial charge is 0.355 e. The van der Waals surface area contributed by atoms with Gasteiger partial charge in [0.25, 0.3) is 5.91 Å². The van der Waals surface area contributed by atoms with Crippen molar-refractivity contribution in [3.63, 3.8) is 0 Å². The molecule has 1 aliphatic carbocycles. The van der Waals surface area contributed by atoms with Gasteiger partial charge in [0.1, 0.15) is 0 Å². The first kappa shape index (κ1) is 14.2. The fourth-order valence-corrected chi connectivity index (χ4v) is 3.48. The number of fused-ring (bicyclic) bond motifs is 2. The lowest BCUT2D eigenvalue weighted by Gasteiger charge is -2.27. The van der Waals surface area contributed by atoms with Crippen LogP contribution in [0.3, 0.4) is 0 Å². The Morgan fingerprint density at radius 3 is 2.76 bits per heavy atom. The number of hydrogen-bond donors (Lipinski definition) is 2. The zero-order valence-corrected chi connectivity index (χ0v) is 12.6. The number of piperidine rings is 1. The van der Waals surface area contributed by atoms with E-state index in [9.17, 15) is 9.59 Å². The van der Waals surface area contributed by atoms with E-state index in [0.29, 0.717) is 28.2 Å². The molecular weight excluding hydrogens is 290 g/mol. The third kappa shape index (κ3) is 2.70. The molecule has 2 N–H and O–H groups in total. The Balaban J connectivity index is 1.73. The second-order valence-corrected chi connectivity index (χ2v) is 6.10. The van der Waals surface area contributed by atoms with E-state index < -0.39 is 0 Å². The SMILES string of the molecule is CNC(=O)c1cc(NC(=O)N2C[C@@H]3CC[C@@H]2C3)ccc1Cl. The van der Waals surface area contributed by atoms with Gasteiger partial charge in [-0.15, -0.1) is 0 Å². The molecule has 3 rings (SSSR count). The molecule has 2 atom stereocenters. The monoisotopic (exact) mass is 307 g/mol. The normalized spacial score (nSPS) is 23.2. The first-order valence-corrected chi connectivity index (χ1v) is 7.55. The van der Waals surface area contributed by atoms with Crippen molar-refractivity contribution in [2.24, 2.45) is 5.92 Å². The number of carbonyl (C=O) groups excluding carboxylic acids is 2. The highest BCUT2D eigenvalue weighted by Crippen LogP contribution is 2.37. The van der Waals surface area contributed by atoms with Crippen LogP contribution in [-0.4, -0.2) is 36.5 Å². The lowest BCUT2D eigenvalue weighted by Crippen LogP contribution is -2.40. The maximum absolute atomic E-state index is 12.3. The number of nitrogens with zero attached hydrogens (tertiary/aromatic N) is 1. The van der Waals surface area contributed by atoms with Gasteiger partial charge < -0.3 is 15.5 Å². The topological polar surface area (TPSA) is 61.4 Å². The molecule has 6 heteroatoms. The number of anilines is 1. The molecule has 1 saturated heterocycles. The van der Waals surface area contributed by atoms with Crippen LogP contribution in [0, 0.1) is 5.92 Å². The highest BCUT2D eigenvalue weighted by atomic mass is 35.5. The molecule has 1 saturated carbocycles. The average Bonchev–Trinajstić information content (AvgIpc) is 3.11. The van der Waals surface area contributed by atoms with E-state index >= 15 is 0 Å². The zero-order chi connectivity index (χ0) is 15.0. The third-order valence-corrected chi connectivity index (χ3v) is 4.69. The first-order chi connectivity index (χ1) is 10.1. The lowest BCUT2D eigenvalue weighted by atomic mass is 10.1. The number of likely N-dealkylation sites (tertiary alicyclic amines) is 1. The molecule has 0 radical (unpaired) electrons. The minimum Gasteiger partial charge on any atom is -0.355 e. The summed E-state index contributed by atoms with van der Waals surface area (Å²) < 4.78 is 0. The molecule has 0 spiro atoms. The second kappa shape index (κ2) is 5.56. The van der Waals surface area contributed by atoms with Crippen LogP contribution >= 0.6 is 11.6 Å². The summed E-state index contributed by atoms with van der Waals surface area (Å²) in [6.07, 6.45) is 3.45. The maximum Gasteiger partial charge on any atom is 0.322 e. The predicted octanol–water partition coefficient (Wildman–Crippen LogP) is 2.72. The molecular formula is C15H18ClN3O2. The van der Waals surface area contributed by atoms with Crippen molar-refractivity contribution < 1.29 is 9.59 Å². The van der Waals surface area contributed by atoms with Crippen molar-refractivity contribution in [2.45, 2.75) is 25.3 Å². The van der Waals surface area contributed by atoms with Crippen molar-refractivity contribution in [1.82, 2.24) is 10.2 Å². The van der Waals surface area contributed by atoms with Crippen LogP contribution in [0.5, 0.6) is 0 Å². The number of hydrogen-bond acceptors (Lipinski definition) is 2. The number of benzene rings is 1. The molecule has 1 aliphatic heterocycles. The Hall–Kier alpha value is -1.75. The highest BCUT2D eigenvalue weighted by Gasteiger charge is 2.40.